The Bertz CT molecular complexity index is 539. The highest BCUT2D eigenvalue weighted by atomic mass is 32.1. The molecule has 0 amide bonds. The third-order valence-corrected chi connectivity index (χ3v) is 3.02. The van der Waals surface area contributed by atoms with Crippen molar-refractivity contribution in [3.63, 3.8) is 0 Å². The summed E-state index contributed by atoms with van der Waals surface area (Å²) in [4.78, 5) is 15.8. The van der Waals surface area contributed by atoms with Crippen LogP contribution in [0.15, 0.2) is 29.9 Å². The Morgan fingerprint density at radius 1 is 1.44 bits per heavy atom. The summed E-state index contributed by atoms with van der Waals surface area (Å²) >= 11 is 1.47. The average molecular weight is 265 g/mol. The van der Waals surface area contributed by atoms with Crippen LogP contribution in [0.3, 0.4) is 0 Å². The van der Waals surface area contributed by atoms with Crippen molar-refractivity contribution >= 4 is 17.3 Å². The Balaban J connectivity index is 2.18. The predicted octanol–water partition coefficient (Wildman–Crippen LogP) is 2.43. The van der Waals surface area contributed by atoms with E-state index in [4.69, 9.17) is 14.6 Å². The Morgan fingerprint density at radius 3 is 2.89 bits per heavy atom. The minimum Gasteiger partial charge on any atom is -0.493 e. The molecule has 0 aliphatic rings. The van der Waals surface area contributed by atoms with Gasteiger partial charge >= 0.3 is 5.97 Å². The smallest absolute Gasteiger partial charge is 0.335 e. The molecule has 18 heavy (non-hydrogen) atoms. The van der Waals surface area contributed by atoms with E-state index in [0.29, 0.717) is 18.1 Å². The van der Waals surface area contributed by atoms with Crippen LogP contribution in [0.4, 0.5) is 0 Å². The van der Waals surface area contributed by atoms with Gasteiger partial charge in [-0.05, 0) is 18.2 Å². The van der Waals surface area contributed by atoms with Gasteiger partial charge in [0.15, 0.2) is 11.5 Å². The number of hydrogen-bond acceptors (Lipinski definition) is 5. The van der Waals surface area contributed by atoms with E-state index in [2.05, 4.69) is 4.98 Å². The molecule has 0 saturated heterocycles. The quantitative estimate of drug-likeness (QED) is 0.899. The molecular weight excluding hydrogens is 254 g/mol. The van der Waals surface area contributed by atoms with Crippen LogP contribution in [0.2, 0.25) is 0 Å². The van der Waals surface area contributed by atoms with E-state index in [9.17, 15) is 4.79 Å². The molecule has 0 aliphatic carbocycles. The normalized spacial score (nSPS) is 10.1. The molecule has 0 bridgehead atoms. The predicted molar refractivity (Wildman–Crippen MR) is 66.4 cm³/mol. The van der Waals surface area contributed by atoms with Gasteiger partial charge in [0.25, 0.3) is 0 Å². The molecule has 1 heterocycles. The van der Waals surface area contributed by atoms with Gasteiger partial charge in [-0.25, -0.2) is 4.79 Å². The Labute approximate surface area is 108 Å². The first kappa shape index (κ1) is 12.4. The number of rotatable bonds is 5. The largest absolute Gasteiger partial charge is 0.493 e. The Kier molecular flexibility index (Phi) is 3.78. The van der Waals surface area contributed by atoms with E-state index >= 15 is 0 Å². The molecule has 94 valence electrons. The minimum absolute atomic E-state index is 0.162. The van der Waals surface area contributed by atoms with Crippen molar-refractivity contribution in [3.05, 3.63) is 40.3 Å². The van der Waals surface area contributed by atoms with E-state index in [1.807, 2.05) is 0 Å². The fourth-order valence-corrected chi connectivity index (χ4v) is 1.89. The lowest BCUT2D eigenvalue weighted by molar-refractivity contribution is 0.0696. The van der Waals surface area contributed by atoms with Crippen LogP contribution >= 0.6 is 11.3 Å². The molecule has 0 saturated carbocycles. The van der Waals surface area contributed by atoms with E-state index < -0.39 is 5.97 Å². The highest BCUT2D eigenvalue weighted by molar-refractivity contribution is 7.09. The third kappa shape index (κ3) is 2.78. The molecule has 0 atom stereocenters. The van der Waals surface area contributed by atoms with Gasteiger partial charge in [0.1, 0.15) is 6.61 Å². The van der Waals surface area contributed by atoms with Crippen LogP contribution in [0.1, 0.15) is 15.2 Å². The lowest BCUT2D eigenvalue weighted by atomic mass is 10.2. The number of carboxylic acids is 1. The molecule has 2 aromatic rings. The number of carbonyl (C=O) groups is 1. The topological polar surface area (TPSA) is 68.7 Å². The number of aromatic nitrogens is 1. The number of nitrogens with zero attached hydrogens (tertiary/aromatic N) is 1. The Morgan fingerprint density at radius 2 is 2.28 bits per heavy atom. The number of hydrogen-bond donors (Lipinski definition) is 1. The molecule has 0 fully saturated rings. The van der Waals surface area contributed by atoms with Crippen molar-refractivity contribution in [2.45, 2.75) is 6.61 Å². The second-order valence-electron chi connectivity index (χ2n) is 3.43. The van der Waals surface area contributed by atoms with Crippen molar-refractivity contribution in [1.29, 1.82) is 0 Å². The van der Waals surface area contributed by atoms with Crippen LogP contribution in [-0.4, -0.2) is 23.2 Å². The number of benzene rings is 1. The van der Waals surface area contributed by atoms with Crippen LogP contribution in [0, 0.1) is 0 Å². The monoisotopic (exact) mass is 265 g/mol. The summed E-state index contributed by atoms with van der Waals surface area (Å²) in [6.45, 7) is 0.337. The lowest BCUT2D eigenvalue weighted by Crippen LogP contribution is -2.00. The lowest BCUT2D eigenvalue weighted by Gasteiger charge is -2.10. The number of ether oxygens (including phenoxy) is 2. The fourth-order valence-electron chi connectivity index (χ4n) is 1.38. The number of thiazole rings is 1. The molecule has 6 heteroatoms. The van der Waals surface area contributed by atoms with Gasteiger partial charge in [-0.1, -0.05) is 0 Å². The van der Waals surface area contributed by atoms with E-state index in [1.165, 1.54) is 30.6 Å². The van der Waals surface area contributed by atoms with Crippen molar-refractivity contribution in [3.8, 4) is 11.5 Å². The van der Waals surface area contributed by atoms with Crippen molar-refractivity contribution in [2.75, 3.05) is 7.11 Å². The standard InChI is InChI=1S/C12H11NO4S/c1-16-10-3-2-8(12(14)15)4-11(10)17-6-9-5-13-7-18-9/h2-5,7H,6H2,1H3,(H,14,15). The molecule has 5 nitrogen and oxygen atoms in total. The molecule has 1 aromatic heterocycles. The van der Waals surface area contributed by atoms with Crippen LogP contribution in [0.25, 0.3) is 0 Å². The second-order valence-corrected chi connectivity index (χ2v) is 4.40. The van der Waals surface area contributed by atoms with Gasteiger partial charge in [-0.3, -0.25) is 4.98 Å². The zero-order valence-corrected chi connectivity index (χ0v) is 10.4. The molecular formula is C12H11NO4S. The first-order valence-electron chi connectivity index (χ1n) is 5.12. The number of aromatic carboxylic acids is 1. The van der Waals surface area contributed by atoms with Gasteiger partial charge in [-0.2, -0.15) is 0 Å². The van der Waals surface area contributed by atoms with Gasteiger partial charge in [-0.15, -0.1) is 11.3 Å². The minimum atomic E-state index is -1.000. The van der Waals surface area contributed by atoms with Crippen molar-refractivity contribution < 1.29 is 19.4 Å². The molecule has 0 spiro atoms. The summed E-state index contributed by atoms with van der Waals surface area (Å²) in [5.74, 6) is -0.0874. The van der Waals surface area contributed by atoms with E-state index in [-0.39, 0.29) is 5.56 Å². The summed E-state index contributed by atoms with van der Waals surface area (Å²) in [7, 11) is 1.51. The summed E-state index contributed by atoms with van der Waals surface area (Å²) in [6, 6.07) is 4.49. The maximum Gasteiger partial charge on any atom is 0.335 e. The second kappa shape index (κ2) is 5.50. The summed E-state index contributed by atoms with van der Waals surface area (Å²) in [5, 5.41) is 8.92. The zero-order chi connectivity index (χ0) is 13.0. The molecule has 0 radical (unpaired) electrons. The van der Waals surface area contributed by atoms with Crippen LogP contribution in [0.5, 0.6) is 11.5 Å². The third-order valence-electron chi connectivity index (χ3n) is 2.26. The first-order valence-corrected chi connectivity index (χ1v) is 6.00. The molecule has 1 aromatic carbocycles. The number of methoxy groups -OCH3 is 1. The maximum atomic E-state index is 10.9. The summed E-state index contributed by atoms with van der Waals surface area (Å²) in [5.41, 5.74) is 1.87. The molecule has 0 aliphatic heterocycles. The van der Waals surface area contributed by atoms with Crippen LogP contribution < -0.4 is 9.47 Å². The maximum absolute atomic E-state index is 10.9. The van der Waals surface area contributed by atoms with Gasteiger partial charge in [0, 0.05) is 6.20 Å². The van der Waals surface area contributed by atoms with Crippen molar-refractivity contribution in [1.82, 2.24) is 4.98 Å². The first-order chi connectivity index (χ1) is 8.70. The van der Waals surface area contributed by atoms with E-state index in [1.54, 1.807) is 17.8 Å². The molecule has 2 rings (SSSR count). The number of carboxylic acid groups (broad SMARTS) is 1. The van der Waals surface area contributed by atoms with Crippen molar-refractivity contribution in [2.24, 2.45) is 0 Å². The van der Waals surface area contributed by atoms with E-state index in [0.717, 1.165) is 4.88 Å². The SMILES string of the molecule is COc1ccc(C(=O)O)cc1OCc1cncs1. The summed E-state index contributed by atoms with van der Waals surface area (Å²) in [6.07, 6.45) is 1.71. The molecule has 0 unspecified atom stereocenters. The molecule has 1 N–H and O–H groups in total. The zero-order valence-electron chi connectivity index (χ0n) is 9.62. The van der Waals surface area contributed by atoms with Gasteiger partial charge in [0.05, 0.1) is 23.1 Å². The van der Waals surface area contributed by atoms with Gasteiger partial charge < -0.3 is 14.6 Å². The highest BCUT2D eigenvalue weighted by Crippen LogP contribution is 2.29. The average Bonchev–Trinajstić information content (AvgIpc) is 2.89. The Hall–Kier alpha value is -2.08. The van der Waals surface area contributed by atoms with Crippen LogP contribution in [-0.2, 0) is 6.61 Å². The fraction of sp³-hybridized carbons (Fsp3) is 0.167. The highest BCUT2D eigenvalue weighted by Gasteiger charge is 2.10. The van der Waals surface area contributed by atoms with Gasteiger partial charge in [0.2, 0.25) is 0 Å². The summed E-state index contributed by atoms with van der Waals surface area (Å²) < 4.78 is 10.7.